The number of anilines is 1. The van der Waals surface area contributed by atoms with Crippen molar-refractivity contribution >= 4 is 21.7 Å². The van der Waals surface area contributed by atoms with E-state index in [4.69, 9.17) is 9.84 Å². The molecule has 6 nitrogen and oxygen atoms in total. The fourth-order valence-corrected chi connectivity index (χ4v) is 4.16. The molecule has 0 aromatic heterocycles. The first kappa shape index (κ1) is 23.3. The summed E-state index contributed by atoms with van der Waals surface area (Å²) in [5.41, 5.74) is 2.86. The summed E-state index contributed by atoms with van der Waals surface area (Å²) in [5.74, 6) is -0.287. The van der Waals surface area contributed by atoms with Crippen LogP contribution in [0.2, 0.25) is 0 Å². The number of carboxylic acids is 1. The van der Waals surface area contributed by atoms with Crippen LogP contribution in [0.3, 0.4) is 0 Å². The molecule has 3 aromatic rings. The van der Waals surface area contributed by atoms with Gasteiger partial charge in [0.2, 0.25) is 0 Å². The zero-order valence-electron chi connectivity index (χ0n) is 18.0. The molecule has 2 N–H and O–H groups in total. The lowest BCUT2D eigenvalue weighted by molar-refractivity contribution is 0.0697. The average molecular weight is 454 g/mol. The van der Waals surface area contributed by atoms with Crippen molar-refractivity contribution in [3.63, 3.8) is 0 Å². The molecule has 0 fully saturated rings. The fraction of sp³-hybridized carbons (Fsp3) is 0.240. The summed E-state index contributed by atoms with van der Waals surface area (Å²) >= 11 is 0. The van der Waals surface area contributed by atoms with Gasteiger partial charge in [-0.15, -0.1) is 0 Å². The Morgan fingerprint density at radius 3 is 1.97 bits per heavy atom. The molecule has 3 aromatic carbocycles. The lowest BCUT2D eigenvalue weighted by Crippen LogP contribution is -2.13. The maximum atomic E-state index is 12.7. The first-order chi connectivity index (χ1) is 15.4. The number of aryl methyl sites for hydroxylation is 2. The number of carboxylic acid groups (broad SMARTS) is 1. The third-order valence-corrected chi connectivity index (χ3v) is 6.41. The van der Waals surface area contributed by atoms with Gasteiger partial charge in [-0.05, 0) is 78.9 Å². The summed E-state index contributed by atoms with van der Waals surface area (Å²) in [5, 5.41) is 8.96. The highest BCUT2D eigenvalue weighted by Gasteiger charge is 2.14. The van der Waals surface area contributed by atoms with E-state index in [2.05, 4.69) is 11.6 Å². The lowest BCUT2D eigenvalue weighted by atomic mass is 10.0. The van der Waals surface area contributed by atoms with Crippen LogP contribution in [0.1, 0.15) is 41.3 Å². The van der Waals surface area contributed by atoms with Gasteiger partial charge in [-0.2, -0.15) is 0 Å². The SMILES string of the molecule is CCCCOc1ccc(S(=O)(=O)Nc2ccc(CCc3ccc(C(=O)O)cc3)cc2)cc1. The molecule has 0 radical (unpaired) electrons. The molecule has 0 spiro atoms. The molecule has 0 bridgehead atoms. The minimum atomic E-state index is -3.69. The maximum absolute atomic E-state index is 12.7. The Labute approximate surface area is 188 Å². The molecular weight excluding hydrogens is 426 g/mol. The summed E-state index contributed by atoms with van der Waals surface area (Å²) < 4.78 is 33.5. The van der Waals surface area contributed by atoms with E-state index >= 15 is 0 Å². The molecule has 0 saturated heterocycles. The number of ether oxygens (including phenoxy) is 1. The minimum Gasteiger partial charge on any atom is -0.494 e. The van der Waals surface area contributed by atoms with Crippen LogP contribution in [0.25, 0.3) is 0 Å². The highest BCUT2D eigenvalue weighted by Crippen LogP contribution is 2.20. The Morgan fingerprint density at radius 2 is 1.44 bits per heavy atom. The van der Waals surface area contributed by atoms with Gasteiger partial charge in [-0.3, -0.25) is 4.72 Å². The molecule has 0 aliphatic heterocycles. The zero-order chi connectivity index (χ0) is 23.0. The van der Waals surface area contributed by atoms with Crippen LogP contribution in [-0.2, 0) is 22.9 Å². The Kier molecular flexibility index (Phi) is 7.89. The van der Waals surface area contributed by atoms with E-state index < -0.39 is 16.0 Å². The third-order valence-electron chi connectivity index (χ3n) is 5.01. The van der Waals surface area contributed by atoms with E-state index in [-0.39, 0.29) is 10.5 Å². The first-order valence-corrected chi connectivity index (χ1v) is 12.0. The summed E-state index contributed by atoms with van der Waals surface area (Å²) in [4.78, 5) is 11.1. The van der Waals surface area contributed by atoms with E-state index in [1.54, 1.807) is 36.4 Å². The quantitative estimate of drug-likeness (QED) is 0.392. The zero-order valence-corrected chi connectivity index (χ0v) is 18.8. The number of sulfonamides is 1. The molecule has 7 heteroatoms. The van der Waals surface area contributed by atoms with Gasteiger partial charge in [0, 0.05) is 5.69 Å². The van der Waals surface area contributed by atoms with Gasteiger partial charge >= 0.3 is 5.97 Å². The molecule has 32 heavy (non-hydrogen) atoms. The van der Waals surface area contributed by atoms with Crippen LogP contribution in [0.4, 0.5) is 5.69 Å². The topological polar surface area (TPSA) is 92.7 Å². The van der Waals surface area contributed by atoms with Crippen molar-refractivity contribution in [1.82, 2.24) is 0 Å². The van der Waals surface area contributed by atoms with Crippen molar-refractivity contribution in [1.29, 1.82) is 0 Å². The van der Waals surface area contributed by atoms with Crippen molar-refractivity contribution in [2.24, 2.45) is 0 Å². The molecule has 3 rings (SSSR count). The summed E-state index contributed by atoms with van der Waals surface area (Å²) in [6, 6.07) is 20.5. The third kappa shape index (κ3) is 6.59. The van der Waals surface area contributed by atoms with Gasteiger partial charge in [0.15, 0.2) is 0 Å². The molecule has 0 atom stereocenters. The van der Waals surface area contributed by atoms with Crippen LogP contribution < -0.4 is 9.46 Å². The average Bonchev–Trinajstić information content (AvgIpc) is 2.79. The Morgan fingerprint density at radius 1 is 0.875 bits per heavy atom. The Bertz CT molecular complexity index is 1120. The number of hydrogen-bond donors (Lipinski definition) is 2. The fourth-order valence-electron chi connectivity index (χ4n) is 3.11. The molecule has 0 saturated carbocycles. The number of carbonyl (C=O) groups is 1. The second-order valence-corrected chi connectivity index (χ2v) is 9.16. The second kappa shape index (κ2) is 10.8. The van der Waals surface area contributed by atoms with Crippen molar-refractivity contribution in [2.45, 2.75) is 37.5 Å². The van der Waals surface area contributed by atoms with Crippen molar-refractivity contribution in [3.8, 4) is 5.75 Å². The summed E-state index contributed by atoms with van der Waals surface area (Å²) in [7, 11) is -3.69. The number of hydrogen-bond acceptors (Lipinski definition) is 4. The normalized spacial score (nSPS) is 11.2. The largest absolute Gasteiger partial charge is 0.494 e. The van der Waals surface area contributed by atoms with Crippen molar-refractivity contribution in [2.75, 3.05) is 11.3 Å². The molecule has 168 valence electrons. The number of aromatic carboxylic acids is 1. The molecule has 0 aliphatic carbocycles. The van der Waals surface area contributed by atoms with Crippen molar-refractivity contribution in [3.05, 3.63) is 89.5 Å². The monoisotopic (exact) mass is 453 g/mol. The van der Waals surface area contributed by atoms with E-state index in [1.165, 1.54) is 12.1 Å². The molecule has 0 unspecified atom stereocenters. The number of nitrogens with one attached hydrogen (secondary N) is 1. The molecule has 0 heterocycles. The Balaban J connectivity index is 1.56. The smallest absolute Gasteiger partial charge is 0.335 e. The van der Waals surface area contributed by atoms with Crippen LogP contribution >= 0.6 is 0 Å². The summed E-state index contributed by atoms with van der Waals surface area (Å²) in [6.07, 6.45) is 3.51. The van der Waals surface area contributed by atoms with E-state index in [0.29, 0.717) is 18.0 Å². The van der Waals surface area contributed by atoms with E-state index in [1.807, 2.05) is 24.3 Å². The standard InChI is InChI=1S/C25H27NO5S/c1-2-3-18-31-23-14-16-24(17-15-23)32(29,30)26-22-12-8-20(9-13-22)5-4-19-6-10-21(11-7-19)25(27)28/h6-17,26H,2-5,18H2,1H3,(H,27,28). The highest BCUT2D eigenvalue weighted by atomic mass is 32.2. The number of unbranched alkanes of at least 4 members (excludes halogenated alkanes) is 1. The number of benzene rings is 3. The van der Waals surface area contributed by atoms with Crippen LogP contribution in [-0.4, -0.2) is 26.1 Å². The first-order valence-electron chi connectivity index (χ1n) is 10.5. The van der Waals surface area contributed by atoms with Gasteiger partial charge < -0.3 is 9.84 Å². The van der Waals surface area contributed by atoms with Gasteiger partial charge in [-0.1, -0.05) is 37.6 Å². The minimum absolute atomic E-state index is 0.175. The summed E-state index contributed by atoms with van der Waals surface area (Å²) in [6.45, 7) is 2.69. The maximum Gasteiger partial charge on any atom is 0.335 e. The van der Waals surface area contributed by atoms with E-state index in [0.717, 1.165) is 36.8 Å². The van der Waals surface area contributed by atoms with Gasteiger partial charge in [0.1, 0.15) is 5.75 Å². The van der Waals surface area contributed by atoms with Gasteiger partial charge in [0.05, 0.1) is 17.1 Å². The van der Waals surface area contributed by atoms with Gasteiger partial charge in [-0.25, -0.2) is 13.2 Å². The molecule has 0 aliphatic rings. The molecular formula is C25H27NO5S. The predicted octanol–water partition coefficient (Wildman–Crippen LogP) is 5.15. The highest BCUT2D eigenvalue weighted by molar-refractivity contribution is 7.92. The lowest BCUT2D eigenvalue weighted by Gasteiger charge is -2.10. The number of rotatable bonds is 11. The predicted molar refractivity (Wildman–Crippen MR) is 125 cm³/mol. The van der Waals surface area contributed by atoms with Gasteiger partial charge in [0.25, 0.3) is 10.0 Å². The van der Waals surface area contributed by atoms with Crippen LogP contribution in [0.5, 0.6) is 5.75 Å². The van der Waals surface area contributed by atoms with Crippen LogP contribution in [0.15, 0.2) is 77.7 Å². The molecule has 0 amide bonds. The Hall–Kier alpha value is -3.32. The van der Waals surface area contributed by atoms with Crippen molar-refractivity contribution < 1.29 is 23.1 Å². The second-order valence-electron chi connectivity index (χ2n) is 7.48. The van der Waals surface area contributed by atoms with E-state index in [9.17, 15) is 13.2 Å². The van der Waals surface area contributed by atoms with Crippen LogP contribution in [0, 0.1) is 0 Å².